The van der Waals surface area contributed by atoms with Crippen LogP contribution in [0.4, 0.5) is 4.39 Å². The molecule has 0 aliphatic rings. The van der Waals surface area contributed by atoms with Crippen LogP contribution in [-0.4, -0.2) is 19.5 Å². The molecule has 248 valence electrons. The van der Waals surface area contributed by atoms with Crippen molar-refractivity contribution < 1.29 is 4.39 Å². The van der Waals surface area contributed by atoms with Crippen LogP contribution in [0.2, 0.25) is 0 Å². The Morgan fingerprint density at radius 1 is 0.404 bits per heavy atom. The molecule has 2 aromatic heterocycles. The van der Waals surface area contributed by atoms with Gasteiger partial charge in [-0.2, -0.15) is 0 Å². The highest BCUT2D eigenvalue weighted by atomic mass is 19.1. The number of aromatic nitrogens is 4. The predicted octanol–water partition coefficient (Wildman–Crippen LogP) is 12.1. The third kappa shape index (κ3) is 5.62. The molecule has 0 saturated carbocycles. The molecule has 0 bridgehead atoms. The second-order valence-corrected chi connectivity index (χ2v) is 13.2. The van der Waals surface area contributed by atoms with E-state index in [-0.39, 0.29) is 5.82 Å². The van der Waals surface area contributed by atoms with E-state index in [1.54, 1.807) is 6.07 Å². The normalized spacial score (nSPS) is 11.4. The van der Waals surface area contributed by atoms with Crippen LogP contribution in [0.1, 0.15) is 11.1 Å². The second-order valence-electron chi connectivity index (χ2n) is 13.2. The summed E-state index contributed by atoms with van der Waals surface area (Å²) in [5.41, 5.74) is 11.6. The zero-order valence-electron chi connectivity index (χ0n) is 28.8. The summed E-state index contributed by atoms with van der Waals surface area (Å²) in [6.07, 6.45) is 0. The van der Waals surface area contributed by atoms with Gasteiger partial charge in [-0.15, -0.1) is 0 Å². The zero-order chi connectivity index (χ0) is 35.2. The molecule has 0 radical (unpaired) electrons. The highest BCUT2D eigenvalue weighted by molar-refractivity contribution is 6.11. The quantitative estimate of drug-likeness (QED) is 0.177. The monoisotopic (exact) mass is 672 g/mol. The van der Waals surface area contributed by atoms with E-state index in [0.717, 1.165) is 55.3 Å². The molecule has 0 fully saturated rings. The second kappa shape index (κ2) is 12.9. The van der Waals surface area contributed by atoms with Crippen molar-refractivity contribution in [3.05, 3.63) is 181 Å². The van der Waals surface area contributed by atoms with Crippen LogP contribution in [0.15, 0.2) is 164 Å². The molecule has 7 aromatic carbocycles. The molecule has 0 spiro atoms. The van der Waals surface area contributed by atoms with Gasteiger partial charge in [-0.05, 0) is 66.9 Å². The van der Waals surface area contributed by atoms with Gasteiger partial charge in [0.15, 0.2) is 17.5 Å². The SMILES string of the molecule is Cc1cc(C)cc(-c2ccc3c(c2)c2ccccc2n3-c2cc(-c3ccccc3F)ccc2-c2nc(-c3ccccc3)nc(-c3ccccc3)n2)c1. The molecule has 0 N–H and O–H groups in total. The molecular weight excluding hydrogens is 640 g/mol. The fourth-order valence-electron chi connectivity index (χ4n) is 7.25. The molecule has 0 saturated heterocycles. The largest absolute Gasteiger partial charge is 0.308 e. The summed E-state index contributed by atoms with van der Waals surface area (Å²) in [7, 11) is 0. The summed E-state index contributed by atoms with van der Waals surface area (Å²) in [6, 6.07) is 54.7. The highest BCUT2D eigenvalue weighted by Crippen LogP contribution is 2.40. The first-order valence-corrected chi connectivity index (χ1v) is 17.4. The smallest absolute Gasteiger partial charge is 0.166 e. The number of para-hydroxylation sites is 1. The highest BCUT2D eigenvalue weighted by Gasteiger charge is 2.21. The Balaban J connectivity index is 1.34. The lowest BCUT2D eigenvalue weighted by Gasteiger charge is -2.17. The summed E-state index contributed by atoms with van der Waals surface area (Å²) < 4.78 is 17.7. The first-order chi connectivity index (χ1) is 25.5. The number of nitrogens with zero attached hydrogens (tertiary/aromatic N) is 4. The van der Waals surface area contributed by atoms with E-state index in [4.69, 9.17) is 15.0 Å². The molecule has 2 heterocycles. The summed E-state index contributed by atoms with van der Waals surface area (Å²) >= 11 is 0. The lowest BCUT2D eigenvalue weighted by molar-refractivity contribution is 0.631. The number of hydrogen-bond acceptors (Lipinski definition) is 3. The van der Waals surface area contributed by atoms with Crippen molar-refractivity contribution in [3.8, 4) is 62.1 Å². The first-order valence-electron chi connectivity index (χ1n) is 17.4. The number of aryl methyl sites for hydroxylation is 2. The van der Waals surface area contributed by atoms with Crippen LogP contribution in [0.3, 0.4) is 0 Å². The van der Waals surface area contributed by atoms with Crippen molar-refractivity contribution in [3.63, 3.8) is 0 Å². The number of rotatable bonds is 6. The van der Waals surface area contributed by atoms with Gasteiger partial charge in [0.1, 0.15) is 5.82 Å². The van der Waals surface area contributed by atoms with E-state index in [0.29, 0.717) is 23.0 Å². The third-order valence-electron chi connectivity index (χ3n) is 9.59. The molecule has 4 nitrogen and oxygen atoms in total. The van der Waals surface area contributed by atoms with Gasteiger partial charge >= 0.3 is 0 Å². The Bertz CT molecular complexity index is 2690. The number of benzene rings is 7. The number of halogens is 1. The molecule has 0 amide bonds. The molecule has 0 aliphatic carbocycles. The van der Waals surface area contributed by atoms with Crippen molar-refractivity contribution in [1.29, 1.82) is 0 Å². The molecule has 9 aromatic rings. The van der Waals surface area contributed by atoms with Crippen molar-refractivity contribution >= 4 is 21.8 Å². The molecule has 9 rings (SSSR count). The van der Waals surface area contributed by atoms with Crippen LogP contribution < -0.4 is 0 Å². The molecule has 52 heavy (non-hydrogen) atoms. The van der Waals surface area contributed by atoms with Crippen molar-refractivity contribution in [2.24, 2.45) is 0 Å². The Labute approximate surface area is 301 Å². The molecular formula is C47H33FN4. The maximum atomic E-state index is 15.4. The first kappa shape index (κ1) is 31.3. The van der Waals surface area contributed by atoms with Gasteiger partial charge in [0.05, 0.1) is 16.7 Å². The molecule has 5 heteroatoms. The zero-order valence-corrected chi connectivity index (χ0v) is 28.8. The van der Waals surface area contributed by atoms with Crippen molar-refractivity contribution in [1.82, 2.24) is 19.5 Å². The van der Waals surface area contributed by atoms with E-state index in [1.165, 1.54) is 22.8 Å². The van der Waals surface area contributed by atoms with E-state index in [1.807, 2.05) is 84.9 Å². The van der Waals surface area contributed by atoms with Crippen LogP contribution in [0.5, 0.6) is 0 Å². The lowest BCUT2D eigenvalue weighted by atomic mass is 9.99. The van der Waals surface area contributed by atoms with Crippen molar-refractivity contribution in [2.45, 2.75) is 13.8 Å². The van der Waals surface area contributed by atoms with Gasteiger partial charge in [0.2, 0.25) is 0 Å². The van der Waals surface area contributed by atoms with Gasteiger partial charge in [-0.25, -0.2) is 19.3 Å². The minimum absolute atomic E-state index is 0.278. The van der Waals surface area contributed by atoms with Crippen LogP contribution >= 0.6 is 0 Å². The third-order valence-corrected chi connectivity index (χ3v) is 9.59. The maximum Gasteiger partial charge on any atom is 0.166 e. The van der Waals surface area contributed by atoms with Crippen LogP contribution in [0, 0.1) is 19.7 Å². The molecule has 0 atom stereocenters. The fraction of sp³-hybridized carbons (Fsp3) is 0.0426. The Kier molecular flexibility index (Phi) is 7.74. The topological polar surface area (TPSA) is 43.6 Å². The van der Waals surface area contributed by atoms with Crippen LogP contribution in [-0.2, 0) is 0 Å². The van der Waals surface area contributed by atoms with E-state index < -0.39 is 0 Å². The van der Waals surface area contributed by atoms with Crippen LogP contribution in [0.25, 0.3) is 83.9 Å². The summed E-state index contributed by atoms with van der Waals surface area (Å²) in [5.74, 6) is 1.41. The van der Waals surface area contributed by atoms with Gasteiger partial charge in [-0.1, -0.05) is 139 Å². The average molecular weight is 673 g/mol. The standard InChI is InChI=1S/C47H33FN4/c1-30-25-31(2)27-36(26-30)34-22-24-43-40(28-34)38-18-10-12-20-42(38)52(43)44-29-35(37-17-9-11-19-41(37)48)21-23-39(44)47-50-45(32-13-5-3-6-14-32)49-46(51-47)33-15-7-4-8-16-33/h3-29H,1-2H3. The predicted molar refractivity (Wildman–Crippen MR) is 211 cm³/mol. The van der Waals surface area contributed by atoms with E-state index in [2.05, 4.69) is 85.1 Å². The Hall–Kier alpha value is -6.72. The Morgan fingerprint density at radius 3 is 1.67 bits per heavy atom. The molecule has 0 aliphatic heterocycles. The minimum atomic E-state index is -0.278. The van der Waals surface area contributed by atoms with Crippen molar-refractivity contribution in [2.75, 3.05) is 0 Å². The number of hydrogen-bond donors (Lipinski definition) is 0. The van der Waals surface area contributed by atoms with Gasteiger partial charge in [-0.3, -0.25) is 0 Å². The number of fused-ring (bicyclic) bond motifs is 3. The Morgan fingerprint density at radius 2 is 0.981 bits per heavy atom. The van der Waals surface area contributed by atoms with Gasteiger partial charge < -0.3 is 4.57 Å². The molecule has 0 unspecified atom stereocenters. The summed E-state index contributed by atoms with van der Waals surface area (Å²) in [6.45, 7) is 4.27. The fourth-order valence-corrected chi connectivity index (χ4v) is 7.25. The maximum absolute atomic E-state index is 15.4. The lowest BCUT2D eigenvalue weighted by Crippen LogP contribution is -2.04. The average Bonchev–Trinajstić information content (AvgIpc) is 3.51. The van der Waals surface area contributed by atoms with Gasteiger partial charge in [0, 0.05) is 33.0 Å². The van der Waals surface area contributed by atoms with E-state index in [9.17, 15) is 0 Å². The minimum Gasteiger partial charge on any atom is -0.308 e. The summed E-state index contributed by atoms with van der Waals surface area (Å²) in [5, 5.41) is 2.25. The van der Waals surface area contributed by atoms with E-state index >= 15 is 4.39 Å². The van der Waals surface area contributed by atoms with Gasteiger partial charge in [0.25, 0.3) is 0 Å². The summed E-state index contributed by atoms with van der Waals surface area (Å²) in [4.78, 5) is 15.2.